The molecule has 0 aromatic heterocycles. The number of rotatable bonds is 9. The normalized spacial score (nSPS) is 17.7. The molecular formula is C20H27NO3. The van der Waals surface area contributed by atoms with Crippen LogP contribution >= 0.6 is 0 Å². The van der Waals surface area contributed by atoms with Crippen LogP contribution in [0.25, 0.3) is 0 Å². The van der Waals surface area contributed by atoms with E-state index in [4.69, 9.17) is 0 Å². The third kappa shape index (κ3) is 4.25. The molecular weight excluding hydrogens is 302 g/mol. The molecule has 2 rings (SSSR count). The Bertz CT molecular complexity index is 607. The number of amides is 1. The highest BCUT2D eigenvalue weighted by atomic mass is 16.3. The summed E-state index contributed by atoms with van der Waals surface area (Å²) in [4.78, 5) is 26.5. The Morgan fingerprint density at radius 3 is 2.46 bits per heavy atom. The summed E-state index contributed by atoms with van der Waals surface area (Å²) in [5.74, 6) is -0.645. The van der Waals surface area contributed by atoms with Crippen molar-refractivity contribution in [2.24, 2.45) is 0 Å². The minimum atomic E-state index is -0.447. The molecule has 0 aliphatic carbocycles. The molecule has 0 spiro atoms. The van der Waals surface area contributed by atoms with E-state index in [2.05, 4.69) is 6.92 Å². The molecule has 0 bridgehead atoms. The molecule has 130 valence electrons. The maximum absolute atomic E-state index is 12.6. The van der Waals surface area contributed by atoms with E-state index in [9.17, 15) is 14.7 Å². The fourth-order valence-electron chi connectivity index (χ4n) is 3.05. The lowest BCUT2D eigenvalue weighted by Gasteiger charge is -2.22. The molecule has 0 fully saturated rings. The molecule has 1 unspecified atom stereocenters. The van der Waals surface area contributed by atoms with Gasteiger partial charge < -0.3 is 10.0 Å². The summed E-state index contributed by atoms with van der Waals surface area (Å²) in [5, 5.41) is 10.3. The molecule has 1 heterocycles. The summed E-state index contributed by atoms with van der Waals surface area (Å²) in [6.45, 7) is 4.31. The van der Waals surface area contributed by atoms with Gasteiger partial charge in [0.2, 0.25) is 0 Å². The largest absolute Gasteiger partial charge is 0.509 e. The SMILES string of the molecule is CCCCCCCC(=O)C1=C(O)C(C)N(Cc2ccccc2)C1=O. The zero-order valence-corrected chi connectivity index (χ0v) is 14.6. The summed E-state index contributed by atoms with van der Waals surface area (Å²) in [7, 11) is 0. The molecule has 0 saturated heterocycles. The summed E-state index contributed by atoms with van der Waals surface area (Å²) in [6.07, 6.45) is 5.54. The van der Waals surface area contributed by atoms with Crippen molar-refractivity contribution in [3.05, 3.63) is 47.2 Å². The monoisotopic (exact) mass is 329 g/mol. The van der Waals surface area contributed by atoms with Gasteiger partial charge in [-0.3, -0.25) is 9.59 Å². The second kappa shape index (κ2) is 8.67. The highest BCUT2D eigenvalue weighted by Gasteiger charge is 2.39. The number of nitrogens with zero attached hydrogens (tertiary/aromatic N) is 1. The van der Waals surface area contributed by atoms with Crippen LogP contribution in [0.15, 0.2) is 41.7 Å². The Labute approximate surface area is 144 Å². The van der Waals surface area contributed by atoms with Gasteiger partial charge in [0.25, 0.3) is 5.91 Å². The van der Waals surface area contributed by atoms with Gasteiger partial charge in [-0.25, -0.2) is 0 Å². The van der Waals surface area contributed by atoms with E-state index in [0.29, 0.717) is 13.0 Å². The van der Waals surface area contributed by atoms with Crippen molar-refractivity contribution in [2.75, 3.05) is 0 Å². The number of Topliss-reactive ketones (excluding diaryl/α,β-unsaturated/α-hetero) is 1. The average molecular weight is 329 g/mol. The Morgan fingerprint density at radius 2 is 1.79 bits per heavy atom. The third-order valence-corrected chi connectivity index (χ3v) is 4.58. The maximum atomic E-state index is 12.6. The number of aliphatic hydroxyl groups excluding tert-OH is 1. The van der Waals surface area contributed by atoms with Crippen molar-refractivity contribution in [1.82, 2.24) is 4.90 Å². The van der Waals surface area contributed by atoms with Gasteiger partial charge in [-0.15, -0.1) is 0 Å². The molecule has 0 radical (unpaired) electrons. The second-order valence-corrected chi connectivity index (χ2v) is 6.44. The van der Waals surface area contributed by atoms with Crippen LogP contribution < -0.4 is 0 Å². The van der Waals surface area contributed by atoms with Crippen molar-refractivity contribution < 1.29 is 14.7 Å². The number of unbranched alkanes of at least 4 members (excludes halogenated alkanes) is 4. The smallest absolute Gasteiger partial charge is 0.261 e. The fourth-order valence-corrected chi connectivity index (χ4v) is 3.05. The van der Waals surface area contributed by atoms with Gasteiger partial charge >= 0.3 is 0 Å². The topological polar surface area (TPSA) is 57.6 Å². The number of benzene rings is 1. The first-order valence-electron chi connectivity index (χ1n) is 8.87. The standard InChI is InChI=1S/C20H27NO3/c1-3-4-5-6-10-13-17(22)18-19(23)15(2)21(20(18)24)14-16-11-8-7-9-12-16/h7-9,11-12,15,23H,3-6,10,13-14H2,1-2H3. The summed E-state index contributed by atoms with van der Waals surface area (Å²) >= 11 is 0. The summed E-state index contributed by atoms with van der Waals surface area (Å²) in [6, 6.07) is 9.17. The van der Waals surface area contributed by atoms with Gasteiger partial charge in [-0.1, -0.05) is 62.9 Å². The predicted octanol–water partition coefficient (Wildman–Crippen LogP) is 4.16. The molecule has 24 heavy (non-hydrogen) atoms. The van der Waals surface area contributed by atoms with Gasteiger partial charge in [0.05, 0.1) is 6.04 Å². The highest BCUT2D eigenvalue weighted by Crippen LogP contribution is 2.27. The lowest BCUT2D eigenvalue weighted by molar-refractivity contribution is -0.129. The van der Waals surface area contributed by atoms with Crippen LogP contribution in [0.1, 0.15) is 57.9 Å². The molecule has 1 aliphatic heterocycles. The predicted molar refractivity (Wildman–Crippen MR) is 94.5 cm³/mol. The number of hydrogen-bond donors (Lipinski definition) is 1. The minimum Gasteiger partial charge on any atom is -0.509 e. The van der Waals surface area contributed by atoms with E-state index in [1.54, 1.807) is 11.8 Å². The lowest BCUT2D eigenvalue weighted by Crippen LogP contribution is -2.33. The average Bonchev–Trinajstić information content (AvgIpc) is 2.79. The van der Waals surface area contributed by atoms with Crippen LogP contribution in [-0.2, 0) is 16.1 Å². The number of carbonyl (C=O) groups is 2. The molecule has 1 N–H and O–H groups in total. The zero-order valence-electron chi connectivity index (χ0n) is 14.6. The number of carbonyl (C=O) groups excluding carboxylic acids is 2. The quantitative estimate of drug-likeness (QED) is 0.547. The Balaban J connectivity index is 1.97. The van der Waals surface area contributed by atoms with Crippen LogP contribution in [0.5, 0.6) is 0 Å². The molecule has 4 nitrogen and oxygen atoms in total. The van der Waals surface area contributed by atoms with E-state index >= 15 is 0 Å². The molecule has 1 amide bonds. The van der Waals surface area contributed by atoms with Crippen molar-refractivity contribution in [1.29, 1.82) is 0 Å². The first-order valence-corrected chi connectivity index (χ1v) is 8.87. The van der Waals surface area contributed by atoms with Crippen molar-refractivity contribution in [2.45, 2.75) is 65.0 Å². The van der Waals surface area contributed by atoms with Gasteiger partial charge in [0, 0.05) is 13.0 Å². The molecule has 1 aromatic carbocycles. The fraction of sp³-hybridized carbons (Fsp3) is 0.500. The van der Waals surface area contributed by atoms with Crippen LogP contribution in [-0.4, -0.2) is 27.7 Å². The van der Waals surface area contributed by atoms with Crippen LogP contribution in [0, 0.1) is 0 Å². The maximum Gasteiger partial charge on any atom is 0.261 e. The van der Waals surface area contributed by atoms with Crippen molar-refractivity contribution in [3.63, 3.8) is 0 Å². The first-order chi connectivity index (χ1) is 11.6. The summed E-state index contributed by atoms with van der Waals surface area (Å²) in [5.41, 5.74) is 0.979. The van der Waals surface area contributed by atoms with E-state index in [1.807, 2.05) is 30.3 Å². The Kier molecular flexibility index (Phi) is 6.59. The lowest BCUT2D eigenvalue weighted by atomic mass is 10.0. The van der Waals surface area contributed by atoms with E-state index in [-0.39, 0.29) is 23.0 Å². The van der Waals surface area contributed by atoms with Gasteiger partial charge in [0.1, 0.15) is 11.3 Å². The van der Waals surface area contributed by atoms with E-state index < -0.39 is 6.04 Å². The number of aliphatic hydroxyl groups is 1. The van der Waals surface area contributed by atoms with Crippen LogP contribution in [0.4, 0.5) is 0 Å². The number of hydrogen-bond acceptors (Lipinski definition) is 3. The molecule has 1 atom stereocenters. The van der Waals surface area contributed by atoms with Gasteiger partial charge in [-0.05, 0) is 18.9 Å². The minimum absolute atomic E-state index is 0.00563. The second-order valence-electron chi connectivity index (χ2n) is 6.44. The Hall–Kier alpha value is -2.10. The zero-order chi connectivity index (χ0) is 17.5. The van der Waals surface area contributed by atoms with Gasteiger partial charge in [-0.2, -0.15) is 0 Å². The summed E-state index contributed by atoms with van der Waals surface area (Å²) < 4.78 is 0. The molecule has 1 aromatic rings. The molecule has 1 aliphatic rings. The Morgan fingerprint density at radius 1 is 1.12 bits per heavy atom. The molecule has 4 heteroatoms. The van der Waals surface area contributed by atoms with Crippen molar-refractivity contribution >= 4 is 11.7 Å². The van der Waals surface area contributed by atoms with Gasteiger partial charge in [0.15, 0.2) is 5.78 Å². The van der Waals surface area contributed by atoms with E-state index in [0.717, 1.165) is 31.2 Å². The van der Waals surface area contributed by atoms with Crippen LogP contribution in [0.3, 0.4) is 0 Å². The highest BCUT2D eigenvalue weighted by molar-refractivity contribution is 6.21. The third-order valence-electron chi connectivity index (χ3n) is 4.58. The van der Waals surface area contributed by atoms with Crippen LogP contribution in [0.2, 0.25) is 0 Å². The van der Waals surface area contributed by atoms with Crippen molar-refractivity contribution in [3.8, 4) is 0 Å². The first kappa shape index (κ1) is 18.2. The van der Waals surface area contributed by atoms with E-state index in [1.165, 1.54) is 6.42 Å². The molecule has 0 saturated carbocycles. The number of ketones is 1.